The van der Waals surface area contributed by atoms with Crippen LogP contribution in [0.15, 0.2) is 66.7 Å². The largest absolute Gasteiger partial charge is 0.491 e. The van der Waals surface area contributed by atoms with Gasteiger partial charge in [0.2, 0.25) is 0 Å². The van der Waals surface area contributed by atoms with E-state index in [0.717, 1.165) is 6.07 Å². The minimum atomic E-state index is -0.606. The fourth-order valence-corrected chi connectivity index (χ4v) is 3.94. The second-order valence-corrected chi connectivity index (χ2v) is 8.21. The molecular weight excluding hydrogens is 474 g/mol. The third kappa shape index (κ3) is 4.85. The number of imide groups is 1. The lowest BCUT2D eigenvalue weighted by molar-refractivity contribution is -0.384. The molecule has 9 nitrogen and oxygen atoms in total. The zero-order valence-electron chi connectivity index (χ0n) is 18.6. The fraction of sp³-hybridized carbons (Fsp3) is 0.160. The van der Waals surface area contributed by atoms with Crippen molar-refractivity contribution < 1.29 is 24.0 Å². The van der Waals surface area contributed by atoms with E-state index >= 15 is 0 Å². The highest BCUT2D eigenvalue weighted by Gasteiger charge is 2.39. The van der Waals surface area contributed by atoms with Crippen LogP contribution in [0.3, 0.4) is 0 Å². The van der Waals surface area contributed by atoms with Gasteiger partial charge >= 0.3 is 0 Å². The van der Waals surface area contributed by atoms with E-state index in [-0.39, 0.29) is 34.7 Å². The summed E-state index contributed by atoms with van der Waals surface area (Å²) in [6, 6.07) is 16.3. The maximum atomic E-state index is 12.7. The molecule has 3 aromatic rings. The number of nitrogens with one attached hydrogen (secondary N) is 1. The number of anilines is 1. The van der Waals surface area contributed by atoms with Crippen molar-refractivity contribution in [2.45, 2.75) is 19.4 Å². The lowest BCUT2D eigenvalue weighted by atomic mass is 10.1. The first-order valence-electron chi connectivity index (χ1n) is 10.7. The van der Waals surface area contributed by atoms with Gasteiger partial charge in [-0.25, -0.2) is 0 Å². The number of non-ortho nitro benzene ring substituents is 1. The first-order chi connectivity index (χ1) is 16.8. The van der Waals surface area contributed by atoms with Crippen LogP contribution in [-0.2, 0) is 0 Å². The summed E-state index contributed by atoms with van der Waals surface area (Å²) in [4.78, 5) is 49.6. The molecule has 1 heterocycles. The topological polar surface area (TPSA) is 119 Å². The third-order valence-electron chi connectivity index (χ3n) is 5.62. The number of benzene rings is 3. The number of hydrogen-bond acceptors (Lipinski definition) is 6. The van der Waals surface area contributed by atoms with E-state index in [0.29, 0.717) is 29.0 Å². The van der Waals surface area contributed by atoms with Gasteiger partial charge in [0.15, 0.2) is 0 Å². The zero-order valence-corrected chi connectivity index (χ0v) is 19.3. The van der Waals surface area contributed by atoms with Crippen LogP contribution in [0.5, 0.6) is 5.75 Å². The number of amides is 3. The van der Waals surface area contributed by atoms with Crippen LogP contribution in [0, 0.1) is 10.1 Å². The number of hydrogen-bond donors (Lipinski definition) is 1. The highest BCUT2D eigenvalue weighted by atomic mass is 35.5. The highest BCUT2D eigenvalue weighted by molar-refractivity contribution is 6.34. The molecule has 1 N–H and O–H groups in total. The molecule has 0 aliphatic carbocycles. The van der Waals surface area contributed by atoms with E-state index < -0.39 is 16.9 Å². The second-order valence-electron chi connectivity index (χ2n) is 7.80. The predicted molar refractivity (Wildman–Crippen MR) is 129 cm³/mol. The van der Waals surface area contributed by atoms with Crippen molar-refractivity contribution >= 4 is 40.7 Å². The van der Waals surface area contributed by atoms with Gasteiger partial charge in [-0.15, -0.1) is 0 Å². The summed E-state index contributed by atoms with van der Waals surface area (Å²) in [5, 5.41) is 13.7. The van der Waals surface area contributed by atoms with Gasteiger partial charge in [-0.05, 0) is 48.9 Å². The smallest absolute Gasteiger partial charge is 0.270 e. The molecule has 1 aliphatic rings. The summed E-state index contributed by atoms with van der Waals surface area (Å²) >= 11 is 6.02. The van der Waals surface area contributed by atoms with Crippen LogP contribution >= 0.6 is 11.6 Å². The van der Waals surface area contributed by atoms with Gasteiger partial charge in [-0.1, -0.05) is 30.7 Å². The fourth-order valence-electron chi connectivity index (χ4n) is 3.74. The number of fused-ring (bicyclic) bond motifs is 1. The molecule has 35 heavy (non-hydrogen) atoms. The summed E-state index contributed by atoms with van der Waals surface area (Å²) in [5.41, 5.74) is 0.942. The molecule has 1 aliphatic heterocycles. The Morgan fingerprint density at radius 2 is 1.69 bits per heavy atom. The van der Waals surface area contributed by atoms with Crippen LogP contribution in [0.2, 0.25) is 5.02 Å². The van der Waals surface area contributed by atoms with E-state index in [1.807, 2.05) is 6.92 Å². The maximum Gasteiger partial charge on any atom is 0.270 e. The van der Waals surface area contributed by atoms with Crippen molar-refractivity contribution in [2.75, 3.05) is 11.9 Å². The number of nitrogens with zero attached hydrogens (tertiary/aromatic N) is 2. The van der Waals surface area contributed by atoms with Crippen molar-refractivity contribution in [3.05, 3.63) is 98.6 Å². The van der Waals surface area contributed by atoms with E-state index in [4.69, 9.17) is 16.3 Å². The number of carbonyl (C=O) groups excluding carboxylic acids is 3. The van der Waals surface area contributed by atoms with Gasteiger partial charge in [0.05, 0.1) is 32.7 Å². The van der Waals surface area contributed by atoms with Gasteiger partial charge < -0.3 is 10.1 Å². The molecule has 178 valence electrons. The summed E-state index contributed by atoms with van der Waals surface area (Å²) in [6.07, 6.45) is 0.517. The molecule has 0 radical (unpaired) electrons. The van der Waals surface area contributed by atoms with Gasteiger partial charge in [0.1, 0.15) is 12.4 Å². The minimum Gasteiger partial charge on any atom is -0.491 e. The van der Waals surface area contributed by atoms with Crippen LogP contribution < -0.4 is 10.1 Å². The Labute approximate surface area is 205 Å². The molecule has 0 aromatic heterocycles. The molecule has 3 amide bonds. The Balaban J connectivity index is 1.39. The van der Waals surface area contributed by atoms with Crippen LogP contribution in [-0.4, -0.2) is 40.2 Å². The molecular formula is C25H20ClN3O6. The van der Waals surface area contributed by atoms with Crippen molar-refractivity contribution in [1.29, 1.82) is 0 Å². The Hall–Kier alpha value is -4.24. The second kappa shape index (κ2) is 9.94. The number of nitro groups is 1. The monoisotopic (exact) mass is 493 g/mol. The average Bonchev–Trinajstić information content (AvgIpc) is 3.11. The van der Waals surface area contributed by atoms with E-state index in [1.54, 1.807) is 48.5 Å². The molecule has 1 unspecified atom stereocenters. The molecule has 0 saturated heterocycles. The van der Waals surface area contributed by atoms with Crippen LogP contribution in [0.1, 0.15) is 44.4 Å². The Bertz CT molecular complexity index is 1290. The summed E-state index contributed by atoms with van der Waals surface area (Å²) in [7, 11) is 0. The first kappa shape index (κ1) is 23.9. The normalized spacial score (nSPS) is 13.4. The number of ether oxygens (including phenoxy) is 1. The average molecular weight is 494 g/mol. The lowest BCUT2D eigenvalue weighted by Gasteiger charge is -2.25. The maximum absolute atomic E-state index is 12.7. The molecule has 4 rings (SSSR count). The molecule has 10 heteroatoms. The first-order valence-corrected chi connectivity index (χ1v) is 11.1. The van der Waals surface area contributed by atoms with Gasteiger partial charge in [0.25, 0.3) is 23.4 Å². The molecule has 0 spiro atoms. The molecule has 0 fully saturated rings. The summed E-state index contributed by atoms with van der Waals surface area (Å²) < 4.78 is 5.82. The van der Waals surface area contributed by atoms with Gasteiger partial charge in [0, 0.05) is 17.8 Å². The Kier molecular flexibility index (Phi) is 6.79. The van der Waals surface area contributed by atoms with Crippen molar-refractivity contribution in [3.8, 4) is 5.75 Å². The number of rotatable bonds is 8. The summed E-state index contributed by atoms with van der Waals surface area (Å²) in [6.45, 7) is 1.98. The third-order valence-corrected chi connectivity index (χ3v) is 5.95. The number of carbonyl (C=O) groups is 3. The van der Waals surface area contributed by atoms with E-state index in [1.165, 1.54) is 17.0 Å². The number of halogens is 1. The zero-order chi connectivity index (χ0) is 25.1. The highest BCUT2D eigenvalue weighted by Crippen LogP contribution is 2.27. The molecule has 1 atom stereocenters. The molecule has 0 bridgehead atoms. The minimum absolute atomic E-state index is 0.0204. The molecule has 0 saturated carbocycles. The van der Waals surface area contributed by atoms with Crippen LogP contribution in [0.4, 0.5) is 11.4 Å². The van der Waals surface area contributed by atoms with Crippen molar-refractivity contribution in [1.82, 2.24) is 4.90 Å². The predicted octanol–water partition coefficient (Wildman–Crippen LogP) is 4.95. The quantitative estimate of drug-likeness (QED) is 0.269. The van der Waals surface area contributed by atoms with Crippen molar-refractivity contribution in [3.63, 3.8) is 0 Å². The van der Waals surface area contributed by atoms with Gasteiger partial charge in [-0.2, -0.15) is 0 Å². The van der Waals surface area contributed by atoms with Crippen LogP contribution in [0.25, 0.3) is 0 Å². The SMILES string of the molecule is CCC(COc1ccc(NC(=O)c2cc([N+](=O)[O-])ccc2Cl)cc1)N1C(=O)c2ccccc2C1=O. The van der Waals surface area contributed by atoms with E-state index in [2.05, 4.69) is 5.32 Å². The number of nitro benzene ring substituents is 1. The summed E-state index contributed by atoms with van der Waals surface area (Å²) in [5.74, 6) is -0.784. The standard InChI is InChI=1S/C25H20ClN3O6/c1-2-16(28-24(31)19-5-3-4-6-20(19)25(28)32)14-35-18-10-7-15(8-11-18)27-23(30)21-13-17(29(33)34)9-12-22(21)26/h3-13,16H,2,14H2,1H3,(H,27,30). The van der Waals surface area contributed by atoms with Gasteiger partial charge in [-0.3, -0.25) is 29.4 Å². The van der Waals surface area contributed by atoms with Crippen molar-refractivity contribution in [2.24, 2.45) is 0 Å². The Morgan fingerprint density at radius 1 is 1.06 bits per heavy atom. The lowest BCUT2D eigenvalue weighted by Crippen LogP contribution is -2.43. The van der Waals surface area contributed by atoms with E-state index in [9.17, 15) is 24.5 Å². The molecule has 3 aromatic carbocycles. The Morgan fingerprint density at radius 3 is 2.26 bits per heavy atom.